The van der Waals surface area contributed by atoms with E-state index in [0.717, 1.165) is 0 Å². The predicted molar refractivity (Wildman–Crippen MR) is 49.2 cm³/mol. The van der Waals surface area contributed by atoms with Crippen LogP contribution in [0.1, 0.15) is 0 Å². The van der Waals surface area contributed by atoms with Crippen LogP contribution in [0.2, 0.25) is 0 Å². The van der Waals surface area contributed by atoms with E-state index < -0.39 is 5.82 Å². The van der Waals surface area contributed by atoms with Gasteiger partial charge in [-0.3, -0.25) is 0 Å². The van der Waals surface area contributed by atoms with E-state index in [1.807, 2.05) is 0 Å². The predicted octanol–water partition coefficient (Wildman–Crippen LogP) is 2.45. The van der Waals surface area contributed by atoms with Gasteiger partial charge >= 0.3 is 0 Å². The molecule has 0 aliphatic carbocycles. The number of rotatable bonds is 4. The number of methoxy groups -OCH3 is 1. The van der Waals surface area contributed by atoms with E-state index in [2.05, 4.69) is 0 Å². The summed E-state index contributed by atoms with van der Waals surface area (Å²) in [7, 11) is 1.39. The Morgan fingerprint density at radius 2 is 2.23 bits per heavy atom. The first-order chi connectivity index (χ1) is 6.29. The van der Waals surface area contributed by atoms with E-state index >= 15 is 0 Å². The first-order valence-electron chi connectivity index (χ1n) is 3.81. The SMILES string of the molecule is COc1c(F)cccc1OCCCl. The van der Waals surface area contributed by atoms with Crippen molar-refractivity contribution in [3.63, 3.8) is 0 Å². The summed E-state index contributed by atoms with van der Waals surface area (Å²) < 4.78 is 23.0. The van der Waals surface area contributed by atoms with Crippen molar-refractivity contribution >= 4 is 11.6 Å². The molecule has 2 nitrogen and oxygen atoms in total. The van der Waals surface area contributed by atoms with Crippen molar-refractivity contribution in [2.45, 2.75) is 0 Å². The van der Waals surface area contributed by atoms with E-state index in [1.54, 1.807) is 12.1 Å². The van der Waals surface area contributed by atoms with Crippen LogP contribution < -0.4 is 9.47 Å². The molecule has 4 heteroatoms. The molecule has 0 aliphatic rings. The fourth-order valence-electron chi connectivity index (χ4n) is 0.949. The van der Waals surface area contributed by atoms with Gasteiger partial charge in [0.2, 0.25) is 0 Å². The minimum atomic E-state index is -0.436. The molecule has 0 fully saturated rings. The standard InChI is InChI=1S/C9H10ClFO2/c1-12-9-7(11)3-2-4-8(9)13-6-5-10/h2-4H,5-6H2,1H3. The maximum Gasteiger partial charge on any atom is 0.196 e. The molecular weight excluding hydrogens is 195 g/mol. The van der Waals surface area contributed by atoms with Gasteiger partial charge in [-0.15, -0.1) is 11.6 Å². The fourth-order valence-corrected chi connectivity index (χ4v) is 1.03. The highest BCUT2D eigenvalue weighted by Crippen LogP contribution is 2.29. The molecule has 72 valence electrons. The van der Waals surface area contributed by atoms with Crippen molar-refractivity contribution in [1.82, 2.24) is 0 Å². The lowest BCUT2D eigenvalue weighted by molar-refractivity contribution is 0.303. The van der Waals surface area contributed by atoms with Crippen molar-refractivity contribution in [3.05, 3.63) is 24.0 Å². The van der Waals surface area contributed by atoms with E-state index in [9.17, 15) is 4.39 Å². The van der Waals surface area contributed by atoms with Gasteiger partial charge in [0.05, 0.1) is 13.0 Å². The number of ether oxygens (including phenoxy) is 2. The normalized spacial score (nSPS) is 9.77. The van der Waals surface area contributed by atoms with Gasteiger partial charge in [0.25, 0.3) is 0 Å². The third-order valence-corrected chi connectivity index (χ3v) is 1.62. The van der Waals surface area contributed by atoms with Crippen LogP contribution in [0.4, 0.5) is 4.39 Å². The molecule has 0 aromatic heterocycles. The Labute approximate surface area is 81.2 Å². The molecule has 1 aromatic carbocycles. The van der Waals surface area contributed by atoms with Crippen LogP contribution in [-0.2, 0) is 0 Å². The quantitative estimate of drug-likeness (QED) is 0.702. The molecule has 0 spiro atoms. The number of hydrogen-bond acceptors (Lipinski definition) is 2. The van der Waals surface area contributed by atoms with Crippen LogP contribution in [0.3, 0.4) is 0 Å². The number of para-hydroxylation sites is 1. The van der Waals surface area contributed by atoms with Gasteiger partial charge in [-0.05, 0) is 12.1 Å². The molecule has 0 heterocycles. The monoisotopic (exact) mass is 204 g/mol. The summed E-state index contributed by atoms with van der Waals surface area (Å²) in [6, 6.07) is 4.50. The Kier molecular flexibility index (Phi) is 3.83. The summed E-state index contributed by atoms with van der Waals surface area (Å²) in [5, 5.41) is 0. The molecular formula is C9H10ClFO2. The molecule has 0 N–H and O–H groups in total. The second-order valence-corrected chi connectivity index (χ2v) is 2.69. The second kappa shape index (κ2) is 4.92. The maximum absolute atomic E-state index is 13.0. The number of hydrogen-bond donors (Lipinski definition) is 0. The van der Waals surface area contributed by atoms with Crippen molar-refractivity contribution in [1.29, 1.82) is 0 Å². The lowest BCUT2D eigenvalue weighted by atomic mass is 10.3. The summed E-state index contributed by atoms with van der Waals surface area (Å²) in [6.07, 6.45) is 0. The highest BCUT2D eigenvalue weighted by molar-refractivity contribution is 6.18. The largest absolute Gasteiger partial charge is 0.490 e. The Morgan fingerprint density at radius 1 is 1.46 bits per heavy atom. The molecule has 0 aliphatic heterocycles. The molecule has 0 saturated carbocycles. The van der Waals surface area contributed by atoms with Gasteiger partial charge in [-0.1, -0.05) is 6.07 Å². The maximum atomic E-state index is 13.0. The van der Waals surface area contributed by atoms with Crippen molar-refractivity contribution in [2.24, 2.45) is 0 Å². The van der Waals surface area contributed by atoms with Crippen LogP contribution >= 0.6 is 11.6 Å². The highest BCUT2D eigenvalue weighted by Gasteiger charge is 2.08. The van der Waals surface area contributed by atoms with Gasteiger partial charge in [0.1, 0.15) is 6.61 Å². The van der Waals surface area contributed by atoms with Gasteiger partial charge in [0, 0.05) is 0 Å². The summed E-state index contributed by atoms with van der Waals surface area (Å²) >= 11 is 5.43. The Hall–Kier alpha value is -0.960. The lowest BCUT2D eigenvalue weighted by Gasteiger charge is -2.09. The van der Waals surface area contributed by atoms with Crippen LogP contribution in [0, 0.1) is 5.82 Å². The average Bonchev–Trinajstić information content (AvgIpc) is 2.15. The fraction of sp³-hybridized carbons (Fsp3) is 0.333. The first-order valence-corrected chi connectivity index (χ1v) is 4.34. The van der Waals surface area contributed by atoms with Gasteiger partial charge in [0.15, 0.2) is 17.3 Å². The van der Waals surface area contributed by atoms with E-state index in [-0.39, 0.29) is 5.75 Å². The number of benzene rings is 1. The van der Waals surface area contributed by atoms with Crippen LogP contribution in [0.5, 0.6) is 11.5 Å². The van der Waals surface area contributed by atoms with E-state index in [1.165, 1.54) is 13.2 Å². The number of halogens is 2. The van der Waals surface area contributed by atoms with Crippen molar-refractivity contribution < 1.29 is 13.9 Å². The van der Waals surface area contributed by atoms with Gasteiger partial charge < -0.3 is 9.47 Å². The van der Waals surface area contributed by atoms with E-state index in [4.69, 9.17) is 21.1 Å². The zero-order valence-electron chi connectivity index (χ0n) is 7.22. The van der Waals surface area contributed by atoms with Crippen molar-refractivity contribution in [2.75, 3.05) is 19.6 Å². The van der Waals surface area contributed by atoms with Crippen LogP contribution in [0.25, 0.3) is 0 Å². The summed E-state index contributed by atoms with van der Waals surface area (Å²) in [6.45, 7) is 0.335. The molecule has 0 atom stereocenters. The lowest BCUT2D eigenvalue weighted by Crippen LogP contribution is -2.01. The molecule has 0 amide bonds. The smallest absolute Gasteiger partial charge is 0.196 e. The molecule has 0 unspecified atom stereocenters. The average molecular weight is 205 g/mol. The number of alkyl halides is 1. The first kappa shape index (κ1) is 10.1. The van der Waals surface area contributed by atoms with E-state index in [0.29, 0.717) is 18.2 Å². The second-order valence-electron chi connectivity index (χ2n) is 2.31. The molecule has 0 radical (unpaired) electrons. The van der Waals surface area contributed by atoms with Crippen LogP contribution in [0.15, 0.2) is 18.2 Å². The molecule has 0 saturated heterocycles. The highest BCUT2D eigenvalue weighted by atomic mass is 35.5. The summed E-state index contributed by atoms with van der Waals surface area (Å²) in [5.41, 5.74) is 0. The molecule has 0 bridgehead atoms. The summed E-state index contributed by atoms with van der Waals surface area (Å²) in [4.78, 5) is 0. The Bertz CT molecular complexity index is 278. The molecule has 1 aromatic rings. The zero-order chi connectivity index (χ0) is 9.68. The molecule has 1 rings (SSSR count). The van der Waals surface area contributed by atoms with Crippen LogP contribution in [-0.4, -0.2) is 19.6 Å². The van der Waals surface area contributed by atoms with Crippen molar-refractivity contribution in [3.8, 4) is 11.5 Å². The third-order valence-electron chi connectivity index (χ3n) is 1.47. The minimum Gasteiger partial charge on any atom is -0.490 e. The minimum absolute atomic E-state index is 0.118. The molecule has 13 heavy (non-hydrogen) atoms. The Morgan fingerprint density at radius 3 is 2.85 bits per heavy atom. The van der Waals surface area contributed by atoms with Gasteiger partial charge in [-0.2, -0.15) is 0 Å². The third kappa shape index (κ3) is 2.49. The topological polar surface area (TPSA) is 18.5 Å². The summed E-state index contributed by atoms with van der Waals surface area (Å²) in [5.74, 6) is 0.421. The Balaban J connectivity index is 2.85. The zero-order valence-corrected chi connectivity index (χ0v) is 7.97. The van der Waals surface area contributed by atoms with Gasteiger partial charge in [-0.25, -0.2) is 4.39 Å².